The minimum absolute atomic E-state index is 0.376. The maximum Gasteiger partial charge on any atom is 0.408 e. The van der Waals surface area contributed by atoms with Crippen LogP contribution in [0, 0.1) is 29.6 Å². The number of hydrogen-bond donors (Lipinski definition) is 1. The molecule has 1 saturated carbocycles. The molecule has 0 spiro atoms. The molecule has 21 heavy (non-hydrogen) atoms. The second-order valence-electron chi connectivity index (χ2n) is 6.80. The molecule has 0 aromatic rings. The Kier molecular flexibility index (Phi) is 4.46. The molecule has 2 aliphatic rings. The standard InChI is InChI=1S/C16H23NO4/c1-16(2,3)21-15(19)17-13(14(18)20-4)9-10-7-11-5-6-12(11)8-10/h10-13H,7-9H2,1-4H3,(H,17,19)/t10?,11-,12+,13-/m0/s1. The smallest absolute Gasteiger partial charge is 0.408 e. The molecule has 1 unspecified atom stereocenters. The highest BCUT2D eigenvalue weighted by Gasteiger charge is 2.38. The van der Waals surface area contributed by atoms with Gasteiger partial charge in [0.15, 0.2) is 0 Å². The highest BCUT2D eigenvalue weighted by atomic mass is 16.6. The molecule has 1 fully saturated rings. The summed E-state index contributed by atoms with van der Waals surface area (Å²) in [4.78, 5) is 23.7. The summed E-state index contributed by atoms with van der Waals surface area (Å²) in [6.07, 6.45) is 1.99. The van der Waals surface area contributed by atoms with E-state index in [1.807, 2.05) is 0 Å². The Hall–Kier alpha value is -1.70. The molecule has 1 amide bonds. The van der Waals surface area contributed by atoms with E-state index in [1.54, 1.807) is 20.8 Å². The van der Waals surface area contributed by atoms with Crippen LogP contribution >= 0.6 is 0 Å². The zero-order valence-corrected chi connectivity index (χ0v) is 13.1. The Labute approximate surface area is 125 Å². The van der Waals surface area contributed by atoms with E-state index in [9.17, 15) is 9.59 Å². The number of amides is 1. The maximum atomic E-state index is 11.9. The number of alkyl carbamates (subject to hydrolysis) is 1. The maximum absolute atomic E-state index is 11.9. The number of methoxy groups -OCH3 is 1. The van der Waals surface area contributed by atoms with Crippen LogP contribution in [0.15, 0.2) is 0 Å². The van der Waals surface area contributed by atoms with Crippen molar-refractivity contribution in [1.29, 1.82) is 0 Å². The van der Waals surface area contributed by atoms with Gasteiger partial charge in [-0.2, -0.15) is 0 Å². The van der Waals surface area contributed by atoms with E-state index in [-0.39, 0.29) is 0 Å². The summed E-state index contributed by atoms with van der Waals surface area (Å²) < 4.78 is 9.98. The van der Waals surface area contributed by atoms with Gasteiger partial charge in [0, 0.05) is 11.8 Å². The molecular weight excluding hydrogens is 270 g/mol. The van der Waals surface area contributed by atoms with Crippen molar-refractivity contribution >= 4 is 12.1 Å². The molecule has 0 bridgehead atoms. The Bertz CT molecular complexity index is 467. The van der Waals surface area contributed by atoms with Crippen molar-refractivity contribution in [3.63, 3.8) is 0 Å². The fourth-order valence-corrected chi connectivity index (χ4v) is 2.91. The van der Waals surface area contributed by atoms with Gasteiger partial charge in [0.05, 0.1) is 7.11 Å². The van der Waals surface area contributed by atoms with Crippen molar-refractivity contribution in [2.75, 3.05) is 7.11 Å². The molecule has 4 atom stereocenters. The molecule has 116 valence electrons. The molecule has 2 rings (SSSR count). The molecule has 0 heterocycles. The van der Waals surface area contributed by atoms with Crippen molar-refractivity contribution in [1.82, 2.24) is 5.32 Å². The van der Waals surface area contributed by atoms with Crippen LogP contribution in [0.4, 0.5) is 4.79 Å². The summed E-state index contributed by atoms with van der Waals surface area (Å²) in [5.41, 5.74) is -0.592. The highest BCUT2D eigenvalue weighted by molar-refractivity contribution is 5.81. The average molecular weight is 293 g/mol. The van der Waals surface area contributed by atoms with E-state index in [1.165, 1.54) is 7.11 Å². The van der Waals surface area contributed by atoms with Crippen molar-refractivity contribution in [2.24, 2.45) is 17.8 Å². The van der Waals surface area contributed by atoms with E-state index in [4.69, 9.17) is 9.47 Å². The molecule has 2 aliphatic carbocycles. The van der Waals surface area contributed by atoms with Crippen LogP contribution in [0.5, 0.6) is 0 Å². The number of carbonyl (C=O) groups is 2. The molecule has 0 aromatic heterocycles. The molecule has 0 aliphatic heterocycles. The van der Waals surface area contributed by atoms with Crippen LogP contribution in [0.1, 0.15) is 40.0 Å². The number of ether oxygens (including phenoxy) is 2. The minimum Gasteiger partial charge on any atom is -0.467 e. The van der Waals surface area contributed by atoms with Crippen molar-refractivity contribution in [2.45, 2.75) is 51.7 Å². The number of nitrogens with one attached hydrogen (secondary N) is 1. The van der Waals surface area contributed by atoms with E-state index < -0.39 is 23.7 Å². The van der Waals surface area contributed by atoms with Gasteiger partial charge in [0.25, 0.3) is 0 Å². The van der Waals surface area contributed by atoms with E-state index in [0.29, 0.717) is 24.2 Å². The first-order valence-electron chi connectivity index (χ1n) is 7.37. The Morgan fingerprint density at radius 3 is 2.24 bits per heavy atom. The molecule has 1 N–H and O–H groups in total. The molecule has 0 radical (unpaired) electrons. The third-order valence-corrected chi connectivity index (χ3v) is 3.86. The SMILES string of the molecule is COC(=O)[C@H](CC1C[C@H]2C#C[C@H]2C1)NC(=O)OC(C)(C)C. The lowest BCUT2D eigenvalue weighted by atomic mass is 9.89. The fourth-order valence-electron chi connectivity index (χ4n) is 2.91. The van der Waals surface area contributed by atoms with Crippen LogP contribution in [0.3, 0.4) is 0 Å². The lowest BCUT2D eigenvalue weighted by Crippen LogP contribution is -2.44. The van der Waals surface area contributed by atoms with Crippen LogP contribution in [0.25, 0.3) is 0 Å². The number of fused-ring (bicyclic) bond motifs is 1. The lowest BCUT2D eigenvalue weighted by molar-refractivity contribution is -0.143. The van der Waals surface area contributed by atoms with Crippen molar-refractivity contribution in [3.05, 3.63) is 0 Å². The van der Waals surface area contributed by atoms with Gasteiger partial charge in [-0.25, -0.2) is 9.59 Å². The first-order chi connectivity index (χ1) is 9.78. The third kappa shape index (κ3) is 4.13. The molecule has 5 nitrogen and oxygen atoms in total. The van der Waals surface area contributed by atoms with Gasteiger partial charge in [-0.3, -0.25) is 0 Å². The summed E-state index contributed by atoms with van der Waals surface area (Å²) in [6, 6.07) is -0.660. The topological polar surface area (TPSA) is 64.6 Å². The number of hydrogen-bond acceptors (Lipinski definition) is 4. The van der Waals surface area contributed by atoms with E-state index in [0.717, 1.165) is 12.8 Å². The van der Waals surface area contributed by atoms with Crippen LogP contribution in [-0.4, -0.2) is 30.8 Å². The number of rotatable bonds is 4. The zero-order valence-electron chi connectivity index (χ0n) is 13.1. The second-order valence-corrected chi connectivity index (χ2v) is 6.80. The van der Waals surface area contributed by atoms with Gasteiger partial charge in [-0.1, -0.05) is 11.8 Å². The quantitative estimate of drug-likeness (QED) is 0.637. The van der Waals surface area contributed by atoms with E-state index in [2.05, 4.69) is 17.2 Å². The van der Waals surface area contributed by atoms with Gasteiger partial charge >= 0.3 is 12.1 Å². The lowest BCUT2D eigenvalue weighted by Gasteiger charge is -2.23. The first-order valence-corrected chi connectivity index (χ1v) is 7.37. The predicted octanol–water partition coefficient (Wildman–Crippen LogP) is 2.10. The fraction of sp³-hybridized carbons (Fsp3) is 0.750. The third-order valence-electron chi connectivity index (χ3n) is 3.86. The van der Waals surface area contributed by atoms with Gasteiger partial charge < -0.3 is 14.8 Å². The van der Waals surface area contributed by atoms with Gasteiger partial charge in [0.1, 0.15) is 11.6 Å². The first kappa shape index (κ1) is 15.7. The molecule has 0 aromatic carbocycles. The van der Waals surface area contributed by atoms with Crippen LogP contribution < -0.4 is 5.32 Å². The Morgan fingerprint density at radius 2 is 1.81 bits per heavy atom. The highest BCUT2D eigenvalue weighted by Crippen LogP contribution is 2.41. The normalized spacial score (nSPS) is 27.5. The van der Waals surface area contributed by atoms with Gasteiger partial charge in [-0.05, 0) is 46.0 Å². The second kappa shape index (κ2) is 5.97. The summed E-state index contributed by atoms with van der Waals surface area (Å²) in [6.45, 7) is 5.35. The summed E-state index contributed by atoms with van der Waals surface area (Å²) >= 11 is 0. The van der Waals surface area contributed by atoms with E-state index >= 15 is 0 Å². The summed E-state index contributed by atoms with van der Waals surface area (Å²) in [5, 5.41) is 2.62. The molecule has 0 saturated heterocycles. The average Bonchev–Trinajstić information content (AvgIpc) is 2.61. The van der Waals surface area contributed by atoms with Gasteiger partial charge in [0.2, 0.25) is 0 Å². The van der Waals surface area contributed by atoms with Gasteiger partial charge in [-0.15, -0.1) is 0 Å². The number of carbonyl (C=O) groups excluding carboxylic acids is 2. The zero-order chi connectivity index (χ0) is 15.6. The van der Waals surface area contributed by atoms with Crippen LogP contribution in [0.2, 0.25) is 0 Å². The Morgan fingerprint density at radius 1 is 1.24 bits per heavy atom. The van der Waals surface area contributed by atoms with Crippen molar-refractivity contribution in [3.8, 4) is 11.8 Å². The number of esters is 1. The minimum atomic E-state index is -0.660. The predicted molar refractivity (Wildman–Crippen MR) is 77.3 cm³/mol. The molecular formula is C16H23NO4. The Balaban J connectivity index is 1.89. The largest absolute Gasteiger partial charge is 0.467 e. The summed E-state index contributed by atoms with van der Waals surface area (Å²) in [5.74, 6) is 7.20. The van der Waals surface area contributed by atoms with Crippen LogP contribution in [-0.2, 0) is 14.3 Å². The van der Waals surface area contributed by atoms with Crippen molar-refractivity contribution < 1.29 is 19.1 Å². The summed E-state index contributed by atoms with van der Waals surface area (Å²) in [7, 11) is 1.33. The monoisotopic (exact) mass is 293 g/mol. The molecule has 5 heteroatoms.